The van der Waals surface area contributed by atoms with E-state index in [1.807, 2.05) is 19.9 Å². The molecule has 4 heteroatoms. The fraction of sp³-hybridized carbons (Fsp3) is 0.308. The number of aromatic nitrogens is 2. The molecule has 2 N–H and O–H groups in total. The van der Waals surface area contributed by atoms with Crippen molar-refractivity contribution in [3.63, 3.8) is 0 Å². The Morgan fingerprint density at radius 2 is 2.06 bits per heavy atom. The molecule has 17 heavy (non-hydrogen) atoms. The smallest absolute Gasteiger partial charge is 0.129 e. The van der Waals surface area contributed by atoms with Crippen LogP contribution in [0.25, 0.3) is 11.1 Å². The molecule has 0 amide bonds. The summed E-state index contributed by atoms with van der Waals surface area (Å²) in [6, 6.07) is 3.42. The largest absolute Gasteiger partial charge is 0.383 e. The summed E-state index contributed by atoms with van der Waals surface area (Å²) in [6.07, 6.45) is 2.38. The number of hydrogen-bond acceptors (Lipinski definition) is 2. The quantitative estimate of drug-likeness (QED) is 0.866. The standard InChI is InChI=1S/C13H16FN3/c1-4-9-6-10(8(2)5-12(9)14)11-7-16-17(3)13(11)15/h5-7H,4,15H2,1-3H3. The number of halogens is 1. The highest BCUT2D eigenvalue weighted by Gasteiger charge is 2.12. The molecule has 1 heterocycles. The Morgan fingerprint density at radius 3 is 2.59 bits per heavy atom. The third-order valence-electron chi connectivity index (χ3n) is 3.05. The number of rotatable bonds is 2. The van der Waals surface area contributed by atoms with Gasteiger partial charge in [0.15, 0.2) is 0 Å². The fourth-order valence-electron chi connectivity index (χ4n) is 1.93. The second-order valence-corrected chi connectivity index (χ2v) is 4.18. The molecule has 0 aliphatic rings. The van der Waals surface area contributed by atoms with E-state index in [9.17, 15) is 4.39 Å². The molecule has 0 aliphatic heterocycles. The minimum absolute atomic E-state index is 0.156. The Labute approximate surface area is 100 Å². The SMILES string of the molecule is CCc1cc(-c2cnn(C)c2N)c(C)cc1F. The van der Waals surface area contributed by atoms with Crippen molar-refractivity contribution in [2.24, 2.45) is 7.05 Å². The number of hydrogen-bond donors (Lipinski definition) is 1. The maximum absolute atomic E-state index is 13.6. The molecule has 90 valence electrons. The van der Waals surface area contributed by atoms with Crippen LogP contribution in [-0.4, -0.2) is 9.78 Å². The molecule has 0 bridgehead atoms. The second kappa shape index (κ2) is 4.20. The van der Waals surface area contributed by atoms with Gasteiger partial charge in [-0.25, -0.2) is 4.39 Å². The zero-order chi connectivity index (χ0) is 12.6. The van der Waals surface area contributed by atoms with Crippen LogP contribution >= 0.6 is 0 Å². The third-order valence-corrected chi connectivity index (χ3v) is 3.05. The van der Waals surface area contributed by atoms with Gasteiger partial charge in [0.2, 0.25) is 0 Å². The van der Waals surface area contributed by atoms with Gasteiger partial charge in [0.05, 0.1) is 6.20 Å². The van der Waals surface area contributed by atoms with Gasteiger partial charge in [0, 0.05) is 12.6 Å². The highest BCUT2D eigenvalue weighted by atomic mass is 19.1. The van der Waals surface area contributed by atoms with E-state index in [2.05, 4.69) is 5.10 Å². The maximum atomic E-state index is 13.6. The van der Waals surface area contributed by atoms with E-state index in [0.717, 1.165) is 16.7 Å². The Morgan fingerprint density at radius 1 is 1.35 bits per heavy atom. The van der Waals surface area contributed by atoms with Gasteiger partial charge in [-0.05, 0) is 42.2 Å². The molecule has 2 rings (SSSR count). The number of benzene rings is 1. The molecule has 0 atom stereocenters. The summed E-state index contributed by atoms with van der Waals surface area (Å²) in [7, 11) is 1.79. The third kappa shape index (κ3) is 1.90. The second-order valence-electron chi connectivity index (χ2n) is 4.18. The van der Waals surface area contributed by atoms with Crippen molar-refractivity contribution in [3.05, 3.63) is 35.3 Å². The molecule has 0 fully saturated rings. The first-order chi connectivity index (χ1) is 8.04. The summed E-state index contributed by atoms with van der Waals surface area (Å²) in [5, 5.41) is 4.11. The number of anilines is 1. The first-order valence-electron chi connectivity index (χ1n) is 5.61. The molecule has 2 aromatic rings. The van der Waals surface area contributed by atoms with Crippen molar-refractivity contribution in [1.29, 1.82) is 0 Å². The van der Waals surface area contributed by atoms with Crippen molar-refractivity contribution in [3.8, 4) is 11.1 Å². The van der Waals surface area contributed by atoms with Gasteiger partial charge < -0.3 is 5.73 Å². The van der Waals surface area contributed by atoms with Crippen molar-refractivity contribution in [2.75, 3.05) is 5.73 Å². The predicted octanol–water partition coefficient (Wildman–Crippen LogP) is 2.68. The number of nitrogen functional groups attached to an aromatic ring is 1. The lowest BCUT2D eigenvalue weighted by Gasteiger charge is -2.09. The summed E-state index contributed by atoms with van der Waals surface area (Å²) in [4.78, 5) is 0. The van der Waals surface area contributed by atoms with Gasteiger partial charge in [-0.3, -0.25) is 4.68 Å². The molecular weight excluding hydrogens is 217 g/mol. The van der Waals surface area contributed by atoms with Gasteiger partial charge in [-0.15, -0.1) is 0 Å². The molecule has 1 aromatic carbocycles. The summed E-state index contributed by atoms with van der Waals surface area (Å²) in [5.74, 6) is 0.443. The van der Waals surface area contributed by atoms with E-state index >= 15 is 0 Å². The topological polar surface area (TPSA) is 43.8 Å². The average Bonchev–Trinajstić information content (AvgIpc) is 2.61. The van der Waals surface area contributed by atoms with Gasteiger partial charge in [-0.2, -0.15) is 5.10 Å². The van der Waals surface area contributed by atoms with Crippen LogP contribution in [0.1, 0.15) is 18.1 Å². The van der Waals surface area contributed by atoms with Gasteiger partial charge in [0.1, 0.15) is 11.6 Å². The molecule has 0 radical (unpaired) electrons. The molecule has 0 aliphatic carbocycles. The monoisotopic (exact) mass is 233 g/mol. The minimum Gasteiger partial charge on any atom is -0.383 e. The zero-order valence-corrected chi connectivity index (χ0v) is 10.3. The van der Waals surface area contributed by atoms with Gasteiger partial charge in [-0.1, -0.05) is 6.92 Å². The number of nitrogens with two attached hydrogens (primary N) is 1. The van der Waals surface area contributed by atoms with Crippen molar-refractivity contribution >= 4 is 5.82 Å². The summed E-state index contributed by atoms with van der Waals surface area (Å²) in [5.41, 5.74) is 9.33. The van der Waals surface area contributed by atoms with Crippen LogP contribution in [0.15, 0.2) is 18.3 Å². The summed E-state index contributed by atoms with van der Waals surface area (Å²) in [6.45, 7) is 3.81. The normalized spacial score (nSPS) is 10.8. The highest BCUT2D eigenvalue weighted by Crippen LogP contribution is 2.30. The van der Waals surface area contributed by atoms with Gasteiger partial charge in [0.25, 0.3) is 0 Å². The first kappa shape index (κ1) is 11.6. The zero-order valence-electron chi connectivity index (χ0n) is 10.3. The van der Waals surface area contributed by atoms with Crippen LogP contribution in [-0.2, 0) is 13.5 Å². The predicted molar refractivity (Wildman–Crippen MR) is 67.1 cm³/mol. The first-order valence-corrected chi connectivity index (χ1v) is 5.61. The van der Waals surface area contributed by atoms with Crippen LogP contribution in [0.2, 0.25) is 0 Å². The molecule has 0 spiro atoms. The van der Waals surface area contributed by atoms with Crippen LogP contribution in [0.4, 0.5) is 10.2 Å². The lowest BCUT2D eigenvalue weighted by molar-refractivity contribution is 0.611. The maximum Gasteiger partial charge on any atom is 0.129 e. The van der Waals surface area contributed by atoms with E-state index in [4.69, 9.17) is 5.73 Å². The van der Waals surface area contributed by atoms with Crippen molar-refractivity contribution in [2.45, 2.75) is 20.3 Å². The lowest BCUT2D eigenvalue weighted by atomic mass is 9.98. The highest BCUT2D eigenvalue weighted by molar-refractivity contribution is 5.76. The van der Waals surface area contributed by atoms with E-state index in [1.165, 1.54) is 0 Å². The minimum atomic E-state index is -0.156. The Kier molecular flexibility index (Phi) is 2.88. The van der Waals surface area contributed by atoms with Crippen LogP contribution in [0.5, 0.6) is 0 Å². The Hall–Kier alpha value is -1.84. The van der Waals surface area contributed by atoms with E-state index in [1.54, 1.807) is 24.0 Å². The summed E-state index contributed by atoms with van der Waals surface area (Å²) >= 11 is 0. The van der Waals surface area contributed by atoms with Crippen molar-refractivity contribution < 1.29 is 4.39 Å². The summed E-state index contributed by atoms with van der Waals surface area (Å²) < 4.78 is 15.2. The number of aryl methyl sites for hydroxylation is 3. The van der Waals surface area contributed by atoms with Crippen LogP contribution in [0.3, 0.4) is 0 Å². The average molecular weight is 233 g/mol. The van der Waals surface area contributed by atoms with Crippen LogP contribution < -0.4 is 5.73 Å². The molecule has 1 aromatic heterocycles. The molecular formula is C13H16FN3. The van der Waals surface area contributed by atoms with E-state index < -0.39 is 0 Å². The Balaban J connectivity index is 2.63. The van der Waals surface area contributed by atoms with Gasteiger partial charge >= 0.3 is 0 Å². The number of nitrogens with zero attached hydrogens (tertiary/aromatic N) is 2. The fourth-order valence-corrected chi connectivity index (χ4v) is 1.93. The van der Waals surface area contributed by atoms with Crippen LogP contribution in [0, 0.1) is 12.7 Å². The molecule has 0 saturated carbocycles. The molecule has 0 unspecified atom stereocenters. The van der Waals surface area contributed by atoms with Crippen molar-refractivity contribution in [1.82, 2.24) is 9.78 Å². The Bertz CT molecular complexity index is 558. The lowest BCUT2D eigenvalue weighted by Crippen LogP contribution is -1.99. The molecule has 0 saturated heterocycles. The van der Waals surface area contributed by atoms with E-state index in [-0.39, 0.29) is 5.82 Å². The molecule has 3 nitrogen and oxygen atoms in total. The van der Waals surface area contributed by atoms with E-state index in [0.29, 0.717) is 17.8 Å².